The summed E-state index contributed by atoms with van der Waals surface area (Å²) in [5, 5.41) is 20.5. The number of carbonyl (C=O) groups is 1. The predicted molar refractivity (Wildman–Crippen MR) is 76.5 cm³/mol. The van der Waals surface area contributed by atoms with E-state index in [1.165, 1.54) is 4.90 Å². The van der Waals surface area contributed by atoms with Crippen molar-refractivity contribution in [1.82, 2.24) is 20.2 Å². The Morgan fingerprint density at radius 2 is 2.10 bits per heavy atom. The molecule has 2 aromatic rings. The third kappa shape index (κ3) is 3.36. The number of hydrogen-bond acceptors (Lipinski definition) is 5. The van der Waals surface area contributed by atoms with E-state index in [4.69, 9.17) is 5.11 Å². The standard InChI is InChI=1S/C13H16N4O2S/c1-9(13(18)19)7-8-17-12(14-15-16-17)10-3-5-11(20-2)6-4-10/h3-6,9H,7-8H2,1-2H3,(H,18,19). The van der Waals surface area contributed by atoms with Crippen molar-refractivity contribution in [3.63, 3.8) is 0 Å². The van der Waals surface area contributed by atoms with Gasteiger partial charge in [0.05, 0.1) is 5.92 Å². The van der Waals surface area contributed by atoms with Crippen LogP contribution in [0.5, 0.6) is 0 Å². The summed E-state index contributed by atoms with van der Waals surface area (Å²) in [7, 11) is 0. The number of tetrazole rings is 1. The molecule has 7 heteroatoms. The van der Waals surface area contributed by atoms with Crippen LogP contribution in [0.15, 0.2) is 29.2 Å². The summed E-state index contributed by atoms with van der Waals surface area (Å²) in [5.41, 5.74) is 0.927. The molecule has 1 atom stereocenters. The molecule has 1 unspecified atom stereocenters. The van der Waals surface area contributed by atoms with Crippen LogP contribution in [-0.4, -0.2) is 37.5 Å². The molecule has 0 amide bonds. The van der Waals surface area contributed by atoms with Crippen LogP contribution in [0.4, 0.5) is 0 Å². The Balaban J connectivity index is 2.13. The lowest BCUT2D eigenvalue weighted by Gasteiger charge is -2.07. The fourth-order valence-corrected chi connectivity index (χ4v) is 2.15. The molecule has 2 rings (SSSR count). The predicted octanol–water partition coefficient (Wildman–Crippen LogP) is 2.17. The fourth-order valence-electron chi connectivity index (χ4n) is 1.74. The minimum atomic E-state index is -0.802. The second-order valence-electron chi connectivity index (χ2n) is 4.48. The SMILES string of the molecule is CSc1ccc(-c2nnnn2CCC(C)C(=O)O)cc1. The molecular formula is C13H16N4O2S. The lowest BCUT2D eigenvalue weighted by Crippen LogP contribution is -2.13. The maximum atomic E-state index is 10.8. The minimum Gasteiger partial charge on any atom is -0.481 e. The van der Waals surface area contributed by atoms with Crippen LogP contribution in [0.2, 0.25) is 0 Å². The molecule has 0 aliphatic carbocycles. The van der Waals surface area contributed by atoms with Crippen molar-refractivity contribution in [3.8, 4) is 11.4 Å². The van der Waals surface area contributed by atoms with E-state index in [0.717, 1.165) is 5.56 Å². The van der Waals surface area contributed by atoms with Crippen LogP contribution in [0, 0.1) is 5.92 Å². The van der Waals surface area contributed by atoms with Gasteiger partial charge in [-0.05, 0) is 35.2 Å². The van der Waals surface area contributed by atoms with Gasteiger partial charge in [-0.3, -0.25) is 4.79 Å². The average molecular weight is 292 g/mol. The summed E-state index contributed by atoms with van der Waals surface area (Å²) in [6.07, 6.45) is 2.52. The Morgan fingerprint density at radius 3 is 2.70 bits per heavy atom. The lowest BCUT2D eigenvalue weighted by molar-refractivity contribution is -0.141. The summed E-state index contributed by atoms with van der Waals surface area (Å²) in [6, 6.07) is 7.96. The summed E-state index contributed by atoms with van der Waals surface area (Å²) < 4.78 is 1.65. The van der Waals surface area contributed by atoms with E-state index >= 15 is 0 Å². The van der Waals surface area contributed by atoms with Crippen molar-refractivity contribution in [2.75, 3.05) is 6.26 Å². The summed E-state index contributed by atoms with van der Waals surface area (Å²) in [5.74, 6) is -0.551. The van der Waals surface area contributed by atoms with Crippen LogP contribution >= 0.6 is 11.8 Å². The average Bonchev–Trinajstić information content (AvgIpc) is 2.93. The molecule has 6 nitrogen and oxygen atoms in total. The fraction of sp³-hybridized carbons (Fsp3) is 0.385. The number of rotatable bonds is 6. The maximum absolute atomic E-state index is 10.8. The Labute approximate surface area is 121 Å². The van der Waals surface area contributed by atoms with Crippen molar-refractivity contribution < 1.29 is 9.90 Å². The van der Waals surface area contributed by atoms with E-state index < -0.39 is 11.9 Å². The number of aromatic nitrogens is 4. The van der Waals surface area contributed by atoms with E-state index in [9.17, 15) is 4.79 Å². The third-order valence-electron chi connectivity index (χ3n) is 3.08. The molecule has 106 valence electrons. The molecule has 1 heterocycles. The minimum absolute atomic E-state index is 0.411. The number of aliphatic carboxylic acids is 1. The second kappa shape index (κ2) is 6.51. The molecule has 1 aromatic heterocycles. The van der Waals surface area contributed by atoms with Crippen molar-refractivity contribution in [2.45, 2.75) is 24.8 Å². The summed E-state index contributed by atoms with van der Waals surface area (Å²) in [6.45, 7) is 2.17. The van der Waals surface area contributed by atoms with E-state index in [1.54, 1.807) is 23.4 Å². The van der Waals surface area contributed by atoms with Crippen molar-refractivity contribution >= 4 is 17.7 Å². The zero-order valence-electron chi connectivity index (χ0n) is 11.4. The Bertz CT molecular complexity index is 582. The first-order chi connectivity index (χ1) is 9.61. The number of aryl methyl sites for hydroxylation is 1. The van der Waals surface area contributed by atoms with E-state index in [2.05, 4.69) is 15.5 Å². The number of carboxylic acid groups (broad SMARTS) is 1. The highest BCUT2D eigenvalue weighted by Crippen LogP contribution is 2.21. The zero-order chi connectivity index (χ0) is 14.5. The molecule has 0 aliphatic rings. The number of carboxylic acids is 1. The van der Waals surface area contributed by atoms with Gasteiger partial charge < -0.3 is 5.11 Å². The molecule has 0 spiro atoms. The first-order valence-electron chi connectivity index (χ1n) is 6.25. The van der Waals surface area contributed by atoms with E-state index in [-0.39, 0.29) is 0 Å². The van der Waals surface area contributed by atoms with Crippen LogP contribution in [0.3, 0.4) is 0 Å². The molecule has 20 heavy (non-hydrogen) atoms. The molecule has 0 fully saturated rings. The van der Waals surface area contributed by atoms with Gasteiger partial charge in [0.25, 0.3) is 0 Å². The van der Waals surface area contributed by atoms with Gasteiger partial charge in [0.15, 0.2) is 5.82 Å². The molecule has 0 aliphatic heterocycles. The molecule has 0 saturated carbocycles. The van der Waals surface area contributed by atoms with Gasteiger partial charge in [0, 0.05) is 17.0 Å². The third-order valence-corrected chi connectivity index (χ3v) is 3.82. The highest BCUT2D eigenvalue weighted by Gasteiger charge is 2.14. The van der Waals surface area contributed by atoms with E-state index in [0.29, 0.717) is 18.8 Å². The monoisotopic (exact) mass is 292 g/mol. The first-order valence-corrected chi connectivity index (χ1v) is 7.47. The Kier molecular flexibility index (Phi) is 4.73. The summed E-state index contributed by atoms with van der Waals surface area (Å²) >= 11 is 1.67. The molecule has 0 radical (unpaired) electrons. The van der Waals surface area contributed by atoms with Gasteiger partial charge in [0.1, 0.15) is 0 Å². The van der Waals surface area contributed by atoms with Gasteiger partial charge >= 0.3 is 5.97 Å². The molecule has 1 aromatic carbocycles. The quantitative estimate of drug-likeness (QED) is 0.822. The molecule has 0 bridgehead atoms. The first kappa shape index (κ1) is 14.5. The van der Waals surface area contributed by atoms with Crippen LogP contribution in [-0.2, 0) is 11.3 Å². The number of hydrogen-bond donors (Lipinski definition) is 1. The highest BCUT2D eigenvalue weighted by molar-refractivity contribution is 7.98. The zero-order valence-corrected chi connectivity index (χ0v) is 12.2. The van der Waals surface area contributed by atoms with Crippen LogP contribution < -0.4 is 0 Å². The molecule has 0 saturated heterocycles. The molecule has 1 N–H and O–H groups in total. The molecular weight excluding hydrogens is 276 g/mol. The summed E-state index contributed by atoms with van der Waals surface area (Å²) in [4.78, 5) is 12.0. The van der Waals surface area contributed by atoms with Crippen molar-refractivity contribution in [2.24, 2.45) is 5.92 Å². The van der Waals surface area contributed by atoms with Gasteiger partial charge in [0.2, 0.25) is 0 Å². The Hall–Kier alpha value is -1.89. The van der Waals surface area contributed by atoms with Crippen LogP contribution in [0.1, 0.15) is 13.3 Å². The number of nitrogens with zero attached hydrogens (tertiary/aromatic N) is 4. The van der Waals surface area contributed by atoms with Gasteiger partial charge in [-0.2, -0.15) is 0 Å². The van der Waals surface area contributed by atoms with Crippen LogP contribution in [0.25, 0.3) is 11.4 Å². The lowest BCUT2D eigenvalue weighted by atomic mass is 10.1. The van der Waals surface area contributed by atoms with E-state index in [1.807, 2.05) is 30.5 Å². The Morgan fingerprint density at radius 1 is 1.40 bits per heavy atom. The number of thioether (sulfide) groups is 1. The van der Waals surface area contributed by atoms with Crippen molar-refractivity contribution in [3.05, 3.63) is 24.3 Å². The van der Waals surface area contributed by atoms with Crippen molar-refractivity contribution in [1.29, 1.82) is 0 Å². The highest BCUT2D eigenvalue weighted by atomic mass is 32.2. The number of benzene rings is 1. The normalized spacial score (nSPS) is 12.3. The second-order valence-corrected chi connectivity index (χ2v) is 5.36. The van der Waals surface area contributed by atoms with Gasteiger partial charge in [-0.15, -0.1) is 16.9 Å². The topological polar surface area (TPSA) is 80.9 Å². The smallest absolute Gasteiger partial charge is 0.306 e. The largest absolute Gasteiger partial charge is 0.481 e. The van der Waals surface area contributed by atoms with Gasteiger partial charge in [-0.1, -0.05) is 19.1 Å². The maximum Gasteiger partial charge on any atom is 0.306 e. The van der Waals surface area contributed by atoms with Gasteiger partial charge in [-0.25, -0.2) is 4.68 Å².